The summed E-state index contributed by atoms with van der Waals surface area (Å²) in [4.78, 5) is 5.43. The van der Waals surface area contributed by atoms with Crippen LogP contribution in [0.2, 0.25) is 0 Å². The van der Waals surface area contributed by atoms with E-state index < -0.39 is 0 Å². The molecule has 3 aromatic rings. The first-order valence-electron chi connectivity index (χ1n) is 6.89. The second-order valence-electron chi connectivity index (χ2n) is 5.52. The summed E-state index contributed by atoms with van der Waals surface area (Å²) in [5.41, 5.74) is 2.23. The van der Waals surface area contributed by atoms with Gasteiger partial charge in [-0.3, -0.25) is 4.40 Å². The molecule has 0 aliphatic heterocycles. The van der Waals surface area contributed by atoms with Gasteiger partial charge in [0.2, 0.25) is 0 Å². The maximum Gasteiger partial charge on any atom is 0.193 e. The molecule has 0 unspecified atom stereocenters. The molecule has 0 aliphatic rings. The van der Waals surface area contributed by atoms with Gasteiger partial charge in [-0.2, -0.15) is 0 Å². The number of rotatable bonds is 5. The molecule has 1 N–H and O–H groups in total. The zero-order valence-corrected chi connectivity index (χ0v) is 13.3. The molecule has 3 rings (SSSR count). The number of fused-ring (bicyclic) bond motifs is 1. The van der Waals surface area contributed by atoms with Crippen LogP contribution in [0.3, 0.4) is 0 Å². The van der Waals surface area contributed by atoms with Gasteiger partial charge in [0.15, 0.2) is 4.96 Å². The molecule has 0 fully saturated rings. The molecule has 0 radical (unpaired) electrons. The second-order valence-corrected chi connectivity index (χ2v) is 6.39. The van der Waals surface area contributed by atoms with E-state index in [1.165, 1.54) is 11.3 Å². The van der Waals surface area contributed by atoms with Crippen molar-refractivity contribution < 1.29 is 4.74 Å². The summed E-state index contributed by atoms with van der Waals surface area (Å²) < 4.78 is 7.43. The first kappa shape index (κ1) is 14.1. The van der Waals surface area contributed by atoms with E-state index in [9.17, 15) is 0 Å². The maximum atomic E-state index is 5.31. The van der Waals surface area contributed by atoms with Crippen LogP contribution in [0.25, 0.3) is 4.96 Å². The van der Waals surface area contributed by atoms with Crippen LogP contribution < -0.4 is 10.1 Å². The van der Waals surface area contributed by atoms with Crippen LogP contribution in [-0.4, -0.2) is 16.5 Å². The fourth-order valence-corrected chi connectivity index (χ4v) is 3.04. The van der Waals surface area contributed by atoms with Crippen LogP contribution in [-0.2, 0) is 12.1 Å². The molecule has 0 bridgehead atoms. The lowest BCUT2D eigenvalue weighted by molar-refractivity contribution is 0.388. The molecule has 1 aromatic carbocycles. The molecular formula is C16H19N3OS. The Morgan fingerprint density at radius 3 is 3.05 bits per heavy atom. The molecule has 0 saturated heterocycles. The van der Waals surface area contributed by atoms with E-state index in [1.54, 1.807) is 18.4 Å². The van der Waals surface area contributed by atoms with Crippen molar-refractivity contribution in [1.29, 1.82) is 0 Å². The fraction of sp³-hybridized carbons (Fsp3) is 0.312. The number of methoxy groups -OCH3 is 1. The average molecular weight is 301 g/mol. The largest absolute Gasteiger partial charge is 0.497 e. The molecule has 0 amide bonds. The third-order valence-corrected chi connectivity index (χ3v) is 4.50. The smallest absolute Gasteiger partial charge is 0.193 e. The SMILES string of the molecule is COc1cccc(C(C)(C)NCc2cnc3sccn23)c1. The van der Waals surface area contributed by atoms with Gasteiger partial charge < -0.3 is 10.1 Å². The van der Waals surface area contributed by atoms with Gasteiger partial charge in [-0.15, -0.1) is 11.3 Å². The van der Waals surface area contributed by atoms with Crippen LogP contribution in [0.4, 0.5) is 0 Å². The normalized spacial score (nSPS) is 12.0. The highest BCUT2D eigenvalue weighted by Gasteiger charge is 2.20. The first-order chi connectivity index (χ1) is 10.1. The number of benzene rings is 1. The third kappa shape index (κ3) is 2.80. The van der Waals surface area contributed by atoms with Gasteiger partial charge in [-0.05, 0) is 31.5 Å². The molecule has 0 aliphatic carbocycles. The maximum absolute atomic E-state index is 5.31. The molecule has 0 saturated carbocycles. The van der Waals surface area contributed by atoms with Gasteiger partial charge in [0.1, 0.15) is 5.75 Å². The van der Waals surface area contributed by atoms with Gasteiger partial charge >= 0.3 is 0 Å². The van der Waals surface area contributed by atoms with Crippen molar-refractivity contribution in [3.63, 3.8) is 0 Å². The molecule has 0 atom stereocenters. The zero-order valence-electron chi connectivity index (χ0n) is 12.5. The van der Waals surface area contributed by atoms with E-state index in [1.807, 2.05) is 18.3 Å². The second kappa shape index (κ2) is 5.50. The number of ether oxygens (including phenoxy) is 1. The highest BCUT2D eigenvalue weighted by atomic mass is 32.1. The molecule has 21 heavy (non-hydrogen) atoms. The topological polar surface area (TPSA) is 38.6 Å². The Morgan fingerprint density at radius 1 is 1.38 bits per heavy atom. The summed E-state index contributed by atoms with van der Waals surface area (Å²) in [7, 11) is 1.69. The van der Waals surface area contributed by atoms with Crippen molar-refractivity contribution in [2.24, 2.45) is 0 Å². The van der Waals surface area contributed by atoms with Gasteiger partial charge in [0.25, 0.3) is 0 Å². The van der Waals surface area contributed by atoms with E-state index in [0.29, 0.717) is 0 Å². The van der Waals surface area contributed by atoms with Gasteiger partial charge in [0.05, 0.1) is 19.0 Å². The molecule has 110 valence electrons. The van der Waals surface area contributed by atoms with Gasteiger partial charge in [0, 0.05) is 23.7 Å². The average Bonchev–Trinajstić information content (AvgIpc) is 3.09. The van der Waals surface area contributed by atoms with E-state index in [-0.39, 0.29) is 5.54 Å². The summed E-state index contributed by atoms with van der Waals surface area (Å²) in [6, 6.07) is 8.18. The molecular weight excluding hydrogens is 282 g/mol. The highest BCUT2D eigenvalue weighted by molar-refractivity contribution is 7.15. The predicted molar refractivity (Wildman–Crippen MR) is 85.9 cm³/mol. The van der Waals surface area contributed by atoms with E-state index in [4.69, 9.17) is 4.74 Å². The van der Waals surface area contributed by atoms with Crippen LogP contribution in [0, 0.1) is 0 Å². The van der Waals surface area contributed by atoms with Crippen molar-refractivity contribution in [2.45, 2.75) is 25.9 Å². The quantitative estimate of drug-likeness (QED) is 0.784. The van der Waals surface area contributed by atoms with Crippen molar-refractivity contribution in [3.8, 4) is 5.75 Å². The number of hydrogen-bond acceptors (Lipinski definition) is 4. The monoisotopic (exact) mass is 301 g/mol. The molecule has 2 aromatic heterocycles. The first-order valence-corrected chi connectivity index (χ1v) is 7.77. The Balaban J connectivity index is 1.78. The summed E-state index contributed by atoms with van der Waals surface area (Å²) >= 11 is 1.65. The van der Waals surface area contributed by atoms with Crippen molar-refractivity contribution >= 4 is 16.3 Å². The zero-order chi connectivity index (χ0) is 14.9. The summed E-state index contributed by atoms with van der Waals surface area (Å²) in [5.74, 6) is 0.881. The van der Waals surface area contributed by atoms with Crippen LogP contribution >= 0.6 is 11.3 Å². The van der Waals surface area contributed by atoms with Crippen LogP contribution in [0.15, 0.2) is 42.0 Å². The van der Waals surface area contributed by atoms with Crippen LogP contribution in [0.1, 0.15) is 25.1 Å². The minimum Gasteiger partial charge on any atom is -0.497 e. The number of nitrogens with one attached hydrogen (secondary N) is 1. The molecule has 0 spiro atoms. The minimum absolute atomic E-state index is 0.144. The Labute approximate surface area is 128 Å². The van der Waals surface area contributed by atoms with E-state index >= 15 is 0 Å². The number of nitrogens with zero attached hydrogens (tertiary/aromatic N) is 2. The Bertz CT molecular complexity index is 745. The Hall–Kier alpha value is -1.85. The fourth-order valence-electron chi connectivity index (χ4n) is 2.33. The van der Waals surface area contributed by atoms with E-state index in [0.717, 1.165) is 17.3 Å². The summed E-state index contributed by atoms with van der Waals surface area (Å²) in [5, 5.41) is 5.65. The Morgan fingerprint density at radius 2 is 2.24 bits per heavy atom. The predicted octanol–water partition coefficient (Wildman–Crippen LogP) is 3.43. The van der Waals surface area contributed by atoms with Crippen molar-refractivity contribution in [2.75, 3.05) is 7.11 Å². The van der Waals surface area contributed by atoms with E-state index in [2.05, 4.69) is 52.3 Å². The minimum atomic E-state index is -0.144. The standard InChI is InChI=1S/C16H19N3OS/c1-16(2,12-5-4-6-14(9-12)20-3)18-11-13-10-17-15-19(13)7-8-21-15/h4-10,18H,11H2,1-3H3. The number of aromatic nitrogens is 2. The lowest BCUT2D eigenvalue weighted by atomic mass is 9.94. The van der Waals surface area contributed by atoms with Crippen molar-refractivity contribution in [1.82, 2.24) is 14.7 Å². The van der Waals surface area contributed by atoms with Gasteiger partial charge in [-0.25, -0.2) is 4.98 Å². The Kier molecular flexibility index (Phi) is 3.69. The van der Waals surface area contributed by atoms with Gasteiger partial charge in [-0.1, -0.05) is 12.1 Å². The molecule has 4 nitrogen and oxygen atoms in total. The summed E-state index contributed by atoms with van der Waals surface area (Å²) in [6.45, 7) is 5.11. The summed E-state index contributed by atoms with van der Waals surface area (Å²) in [6.07, 6.45) is 3.99. The highest BCUT2D eigenvalue weighted by Crippen LogP contribution is 2.24. The van der Waals surface area contributed by atoms with Crippen LogP contribution in [0.5, 0.6) is 5.75 Å². The lowest BCUT2D eigenvalue weighted by Crippen LogP contribution is -2.36. The number of hydrogen-bond donors (Lipinski definition) is 1. The lowest BCUT2D eigenvalue weighted by Gasteiger charge is -2.27. The third-order valence-electron chi connectivity index (χ3n) is 3.73. The molecule has 5 heteroatoms. The van der Waals surface area contributed by atoms with Crippen molar-refractivity contribution in [3.05, 3.63) is 53.3 Å². The number of imidazole rings is 1. The number of thiazole rings is 1. The molecule has 2 heterocycles.